The fourth-order valence-corrected chi connectivity index (χ4v) is 2.03. The predicted molar refractivity (Wildman–Crippen MR) is 75.3 cm³/mol. The molecule has 1 N–H and O–H groups in total. The van der Waals surface area contributed by atoms with E-state index in [1.165, 1.54) is 25.0 Å². The van der Waals surface area contributed by atoms with Crippen LogP contribution in [0, 0.1) is 12.7 Å². The quantitative estimate of drug-likeness (QED) is 0.903. The highest BCUT2D eigenvalue weighted by Gasteiger charge is 2.20. The molecular formula is C16H17FN2O. The molecular weight excluding hydrogens is 255 g/mol. The van der Waals surface area contributed by atoms with Crippen molar-refractivity contribution >= 4 is 0 Å². The van der Waals surface area contributed by atoms with Gasteiger partial charge in [0.05, 0.1) is 0 Å². The Kier molecular flexibility index (Phi) is 3.65. The second-order valence-corrected chi connectivity index (χ2v) is 5.15. The van der Waals surface area contributed by atoms with E-state index in [0.29, 0.717) is 11.8 Å². The van der Waals surface area contributed by atoms with Crippen molar-refractivity contribution in [3.8, 4) is 11.5 Å². The van der Waals surface area contributed by atoms with Crippen LogP contribution in [0.15, 0.2) is 36.7 Å². The molecule has 104 valence electrons. The van der Waals surface area contributed by atoms with E-state index in [-0.39, 0.29) is 5.82 Å². The average molecular weight is 272 g/mol. The van der Waals surface area contributed by atoms with Gasteiger partial charge in [-0.3, -0.25) is 4.98 Å². The number of ether oxygens (including phenoxy) is 1. The first-order chi connectivity index (χ1) is 9.72. The molecule has 20 heavy (non-hydrogen) atoms. The second-order valence-electron chi connectivity index (χ2n) is 5.15. The van der Waals surface area contributed by atoms with Gasteiger partial charge in [0, 0.05) is 30.5 Å². The minimum atomic E-state index is -0.250. The molecule has 1 fully saturated rings. The standard InChI is InChI=1S/C16H17FN2O/c1-11-8-13(17)2-5-15(11)20-16-6-7-18-9-12(16)10-19-14-3-4-14/h2,5-9,14,19H,3-4,10H2,1H3. The van der Waals surface area contributed by atoms with E-state index >= 15 is 0 Å². The summed E-state index contributed by atoms with van der Waals surface area (Å²) in [5.74, 6) is 1.19. The molecule has 0 radical (unpaired) electrons. The fourth-order valence-electron chi connectivity index (χ4n) is 2.03. The molecule has 0 spiro atoms. The summed E-state index contributed by atoms with van der Waals surface area (Å²) >= 11 is 0. The van der Waals surface area contributed by atoms with Gasteiger partial charge in [0.15, 0.2) is 0 Å². The molecule has 3 nitrogen and oxygen atoms in total. The number of halogens is 1. The lowest BCUT2D eigenvalue weighted by atomic mass is 10.2. The van der Waals surface area contributed by atoms with E-state index in [2.05, 4.69) is 10.3 Å². The van der Waals surface area contributed by atoms with Crippen LogP contribution in [0.3, 0.4) is 0 Å². The number of rotatable bonds is 5. The molecule has 4 heteroatoms. The van der Waals surface area contributed by atoms with E-state index in [4.69, 9.17) is 4.74 Å². The zero-order valence-corrected chi connectivity index (χ0v) is 11.4. The molecule has 3 rings (SSSR count). The van der Waals surface area contributed by atoms with Crippen LogP contribution in [0.2, 0.25) is 0 Å². The van der Waals surface area contributed by atoms with Crippen LogP contribution >= 0.6 is 0 Å². The van der Waals surface area contributed by atoms with Crippen LogP contribution in [0.1, 0.15) is 24.0 Å². The first-order valence-electron chi connectivity index (χ1n) is 6.82. The van der Waals surface area contributed by atoms with Gasteiger partial charge in [-0.25, -0.2) is 4.39 Å². The van der Waals surface area contributed by atoms with Crippen LogP contribution in [-0.2, 0) is 6.54 Å². The van der Waals surface area contributed by atoms with Gasteiger partial charge in [-0.1, -0.05) is 0 Å². The number of hydrogen-bond donors (Lipinski definition) is 1. The van der Waals surface area contributed by atoms with Gasteiger partial charge in [0.25, 0.3) is 0 Å². The molecule has 2 aromatic rings. The van der Waals surface area contributed by atoms with Crippen molar-refractivity contribution in [2.45, 2.75) is 32.4 Å². The molecule has 0 amide bonds. The van der Waals surface area contributed by atoms with Gasteiger partial charge < -0.3 is 10.1 Å². The predicted octanol–water partition coefficient (Wildman–Crippen LogP) is 3.57. The van der Waals surface area contributed by atoms with E-state index in [9.17, 15) is 4.39 Å². The highest BCUT2D eigenvalue weighted by molar-refractivity contribution is 5.39. The SMILES string of the molecule is Cc1cc(F)ccc1Oc1ccncc1CNC1CC1. The van der Waals surface area contributed by atoms with Gasteiger partial charge in [-0.15, -0.1) is 0 Å². The van der Waals surface area contributed by atoms with Crippen LogP contribution < -0.4 is 10.1 Å². The lowest BCUT2D eigenvalue weighted by molar-refractivity contribution is 0.466. The second kappa shape index (κ2) is 5.59. The van der Waals surface area contributed by atoms with Gasteiger partial charge >= 0.3 is 0 Å². The minimum Gasteiger partial charge on any atom is -0.457 e. The van der Waals surface area contributed by atoms with Gasteiger partial charge in [0.1, 0.15) is 17.3 Å². The molecule has 0 saturated heterocycles. The molecule has 1 aromatic heterocycles. The number of aromatic nitrogens is 1. The van der Waals surface area contributed by atoms with Crippen LogP contribution in [-0.4, -0.2) is 11.0 Å². The first-order valence-corrected chi connectivity index (χ1v) is 6.82. The van der Waals surface area contributed by atoms with Gasteiger partial charge in [-0.05, 0) is 49.6 Å². The molecule has 1 aliphatic carbocycles. The number of hydrogen-bond acceptors (Lipinski definition) is 3. The Morgan fingerprint density at radius 3 is 2.90 bits per heavy atom. The third-order valence-corrected chi connectivity index (χ3v) is 3.37. The Hall–Kier alpha value is -1.94. The maximum Gasteiger partial charge on any atom is 0.135 e. The number of pyridine rings is 1. The number of aryl methyl sites for hydroxylation is 1. The van der Waals surface area contributed by atoms with E-state index in [1.54, 1.807) is 12.3 Å². The van der Waals surface area contributed by atoms with Crippen molar-refractivity contribution in [2.75, 3.05) is 0 Å². The zero-order chi connectivity index (χ0) is 13.9. The normalized spacial score (nSPS) is 14.3. The van der Waals surface area contributed by atoms with E-state index < -0.39 is 0 Å². The molecule has 0 atom stereocenters. The number of nitrogens with zero attached hydrogens (tertiary/aromatic N) is 1. The molecule has 0 bridgehead atoms. The van der Waals surface area contributed by atoms with Crippen molar-refractivity contribution in [1.29, 1.82) is 0 Å². The molecule has 1 aromatic carbocycles. The van der Waals surface area contributed by atoms with E-state index in [0.717, 1.165) is 23.4 Å². The van der Waals surface area contributed by atoms with Crippen LogP contribution in [0.5, 0.6) is 11.5 Å². The van der Waals surface area contributed by atoms with Crippen LogP contribution in [0.25, 0.3) is 0 Å². The van der Waals surface area contributed by atoms with Crippen molar-refractivity contribution in [1.82, 2.24) is 10.3 Å². The molecule has 1 aliphatic rings. The summed E-state index contributed by atoms with van der Waals surface area (Å²) < 4.78 is 19.0. The van der Waals surface area contributed by atoms with Crippen LogP contribution in [0.4, 0.5) is 4.39 Å². The zero-order valence-electron chi connectivity index (χ0n) is 11.4. The largest absolute Gasteiger partial charge is 0.457 e. The summed E-state index contributed by atoms with van der Waals surface area (Å²) in [5, 5.41) is 3.44. The molecule has 1 heterocycles. The Bertz CT molecular complexity index is 611. The maximum absolute atomic E-state index is 13.1. The lowest BCUT2D eigenvalue weighted by Gasteiger charge is -2.13. The molecule has 0 unspecified atom stereocenters. The maximum atomic E-state index is 13.1. The summed E-state index contributed by atoms with van der Waals surface area (Å²) in [5.41, 5.74) is 1.80. The third-order valence-electron chi connectivity index (χ3n) is 3.37. The summed E-state index contributed by atoms with van der Waals surface area (Å²) in [4.78, 5) is 4.14. The highest BCUT2D eigenvalue weighted by Crippen LogP contribution is 2.28. The fraction of sp³-hybridized carbons (Fsp3) is 0.312. The Morgan fingerprint density at radius 2 is 2.15 bits per heavy atom. The van der Waals surface area contributed by atoms with Crippen molar-refractivity contribution in [2.24, 2.45) is 0 Å². The van der Waals surface area contributed by atoms with Crippen molar-refractivity contribution in [3.05, 3.63) is 53.6 Å². The molecule has 0 aliphatic heterocycles. The van der Waals surface area contributed by atoms with Crippen molar-refractivity contribution in [3.63, 3.8) is 0 Å². The Morgan fingerprint density at radius 1 is 1.30 bits per heavy atom. The smallest absolute Gasteiger partial charge is 0.135 e. The Balaban J connectivity index is 1.78. The molecule has 1 saturated carbocycles. The topological polar surface area (TPSA) is 34.1 Å². The summed E-state index contributed by atoms with van der Waals surface area (Å²) in [6.45, 7) is 2.58. The third kappa shape index (κ3) is 3.14. The van der Waals surface area contributed by atoms with Gasteiger partial charge in [-0.2, -0.15) is 0 Å². The van der Waals surface area contributed by atoms with E-state index in [1.807, 2.05) is 19.2 Å². The summed E-state index contributed by atoms with van der Waals surface area (Å²) in [6, 6.07) is 7.01. The summed E-state index contributed by atoms with van der Waals surface area (Å²) in [7, 11) is 0. The van der Waals surface area contributed by atoms with Gasteiger partial charge in [0.2, 0.25) is 0 Å². The first kappa shape index (κ1) is 13.1. The highest BCUT2D eigenvalue weighted by atomic mass is 19.1. The van der Waals surface area contributed by atoms with Crippen molar-refractivity contribution < 1.29 is 9.13 Å². The lowest BCUT2D eigenvalue weighted by Crippen LogP contribution is -2.15. The number of nitrogens with one attached hydrogen (secondary N) is 1. The number of benzene rings is 1. The Labute approximate surface area is 117 Å². The minimum absolute atomic E-state index is 0.250. The summed E-state index contributed by atoms with van der Waals surface area (Å²) in [6.07, 6.45) is 6.00. The average Bonchev–Trinajstić information content (AvgIpc) is 3.25. The monoisotopic (exact) mass is 272 g/mol.